The van der Waals surface area contributed by atoms with Gasteiger partial charge in [-0.05, 0) is 29.5 Å². The highest BCUT2D eigenvalue weighted by Gasteiger charge is 2.37. The van der Waals surface area contributed by atoms with Crippen molar-refractivity contribution < 1.29 is 9.47 Å². The lowest BCUT2D eigenvalue weighted by atomic mass is 9.87. The minimum atomic E-state index is -0.354. The van der Waals surface area contributed by atoms with Gasteiger partial charge in [0.1, 0.15) is 20.4 Å². The minimum Gasteiger partial charge on any atom is -0.454 e. The molecule has 160 valence electrons. The van der Waals surface area contributed by atoms with E-state index >= 15 is 0 Å². The minimum absolute atomic E-state index is 0.193. The van der Waals surface area contributed by atoms with Crippen molar-refractivity contribution in [1.29, 1.82) is 0 Å². The van der Waals surface area contributed by atoms with Crippen LogP contribution in [0.3, 0.4) is 0 Å². The van der Waals surface area contributed by atoms with E-state index in [1.807, 2.05) is 56.2 Å². The highest BCUT2D eigenvalue weighted by Crippen LogP contribution is 2.52. The molecule has 0 atom stereocenters. The van der Waals surface area contributed by atoms with Crippen LogP contribution in [-0.2, 0) is 0 Å². The van der Waals surface area contributed by atoms with Gasteiger partial charge in [0.05, 0.1) is 0 Å². The molecule has 0 fully saturated rings. The number of fused-ring (bicyclic) bond motifs is 3. The lowest BCUT2D eigenvalue weighted by Crippen LogP contribution is -2.20. The van der Waals surface area contributed by atoms with Crippen LogP contribution < -0.4 is 19.3 Å². The van der Waals surface area contributed by atoms with Crippen LogP contribution in [0, 0.1) is 0 Å². The molecular formula is C20H18Cl2N6O2S. The molecular weight excluding hydrogens is 459 g/mol. The highest BCUT2D eigenvalue weighted by molar-refractivity contribution is 7.99. The molecule has 11 heteroatoms. The molecule has 1 aromatic carbocycles. The van der Waals surface area contributed by atoms with E-state index in [9.17, 15) is 0 Å². The van der Waals surface area contributed by atoms with Crippen molar-refractivity contribution in [1.82, 2.24) is 19.9 Å². The summed E-state index contributed by atoms with van der Waals surface area (Å²) in [6.45, 7) is 0.193. The number of hydrogen-bond acceptors (Lipinski definition) is 9. The predicted octanol–water partition coefficient (Wildman–Crippen LogP) is 4.08. The van der Waals surface area contributed by atoms with Gasteiger partial charge in [0, 0.05) is 45.2 Å². The molecule has 4 heterocycles. The molecule has 0 saturated carbocycles. The first-order valence-electron chi connectivity index (χ1n) is 9.40. The maximum absolute atomic E-state index is 6.71. The van der Waals surface area contributed by atoms with Crippen LogP contribution in [0.25, 0.3) is 0 Å². The molecule has 0 bridgehead atoms. The fourth-order valence-electron chi connectivity index (χ4n) is 3.53. The zero-order chi connectivity index (χ0) is 21.9. The van der Waals surface area contributed by atoms with E-state index in [-0.39, 0.29) is 12.7 Å². The summed E-state index contributed by atoms with van der Waals surface area (Å²) < 4.78 is 11.1. The normalized spacial score (nSPS) is 14.3. The Morgan fingerprint density at radius 2 is 1.39 bits per heavy atom. The average molecular weight is 477 g/mol. The SMILES string of the molecule is CN(C)c1nc(Cl)c2c(n1)Sc1nc(N(C)C)nc(Cl)c1C2c1ccc2c(c1)OCO2. The van der Waals surface area contributed by atoms with Crippen molar-refractivity contribution in [3.63, 3.8) is 0 Å². The summed E-state index contributed by atoms with van der Waals surface area (Å²) >= 11 is 14.8. The molecule has 0 saturated heterocycles. The zero-order valence-corrected chi connectivity index (χ0v) is 19.5. The van der Waals surface area contributed by atoms with E-state index < -0.39 is 0 Å². The van der Waals surface area contributed by atoms with Gasteiger partial charge in [0.2, 0.25) is 18.7 Å². The lowest BCUT2D eigenvalue weighted by molar-refractivity contribution is 0.174. The van der Waals surface area contributed by atoms with Gasteiger partial charge >= 0.3 is 0 Å². The van der Waals surface area contributed by atoms with Gasteiger partial charge in [-0.3, -0.25) is 0 Å². The summed E-state index contributed by atoms with van der Waals surface area (Å²) in [4.78, 5) is 22.1. The van der Waals surface area contributed by atoms with Crippen molar-refractivity contribution >= 4 is 46.9 Å². The van der Waals surface area contributed by atoms with Crippen LogP contribution in [0.1, 0.15) is 22.6 Å². The summed E-state index contributed by atoms with van der Waals surface area (Å²) in [5.41, 5.74) is 2.46. The van der Waals surface area contributed by atoms with E-state index in [0.29, 0.717) is 33.7 Å². The predicted molar refractivity (Wildman–Crippen MR) is 120 cm³/mol. The Morgan fingerprint density at radius 3 is 1.94 bits per heavy atom. The second-order valence-electron chi connectivity index (χ2n) is 7.50. The average Bonchev–Trinajstić information content (AvgIpc) is 3.19. The Kier molecular flexibility index (Phi) is 4.99. The highest BCUT2D eigenvalue weighted by atomic mass is 35.5. The molecule has 0 radical (unpaired) electrons. The van der Waals surface area contributed by atoms with E-state index in [0.717, 1.165) is 26.7 Å². The Hall–Kier alpha value is -2.49. The van der Waals surface area contributed by atoms with Crippen molar-refractivity contribution in [3.8, 4) is 11.5 Å². The Labute approximate surface area is 193 Å². The van der Waals surface area contributed by atoms with Gasteiger partial charge in [0.15, 0.2) is 11.5 Å². The van der Waals surface area contributed by atoms with Gasteiger partial charge in [-0.2, -0.15) is 0 Å². The molecule has 0 amide bonds. The monoisotopic (exact) mass is 476 g/mol. The van der Waals surface area contributed by atoms with Crippen molar-refractivity contribution in [2.24, 2.45) is 0 Å². The van der Waals surface area contributed by atoms with Crippen LogP contribution in [0.2, 0.25) is 10.3 Å². The molecule has 2 aliphatic rings. The first-order valence-corrected chi connectivity index (χ1v) is 11.0. The second-order valence-corrected chi connectivity index (χ2v) is 9.20. The third kappa shape index (κ3) is 3.40. The first-order chi connectivity index (χ1) is 14.8. The maximum atomic E-state index is 6.71. The largest absolute Gasteiger partial charge is 0.454 e. The standard InChI is InChI=1S/C20H18Cl2N6O2S/c1-27(2)19-23-15(21)13-12(9-5-6-10-11(7-9)30-8-29-10)14-16(22)24-20(28(3)4)26-18(14)31-17(13)25-19/h5-7,12H,8H2,1-4H3. The van der Waals surface area contributed by atoms with E-state index in [4.69, 9.17) is 42.6 Å². The van der Waals surface area contributed by atoms with Gasteiger partial charge in [-0.25, -0.2) is 19.9 Å². The van der Waals surface area contributed by atoms with E-state index in [2.05, 4.69) is 9.97 Å². The molecule has 2 aromatic heterocycles. The number of anilines is 2. The molecule has 31 heavy (non-hydrogen) atoms. The Bertz CT molecular complexity index is 1140. The van der Waals surface area contributed by atoms with Gasteiger partial charge in [-0.1, -0.05) is 29.3 Å². The molecule has 0 spiro atoms. The number of hydrogen-bond donors (Lipinski definition) is 0. The van der Waals surface area contributed by atoms with Gasteiger partial charge < -0.3 is 19.3 Å². The molecule has 2 aliphatic heterocycles. The fourth-order valence-corrected chi connectivity index (χ4v) is 5.27. The van der Waals surface area contributed by atoms with E-state index in [1.54, 1.807) is 0 Å². The number of rotatable bonds is 3. The maximum Gasteiger partial charge on any atom is 0.231 e. The van der Waals surface area contributed by atoms with Gasteiger partial charge in [-0.15, -0.1) is 0 Å². The summed E-state index contributed by atoms with van der Waals surface area (Å²) in [5.74, 6) is 2.06. The van der Waals surface area contributed by atoms with Crippen molar-refractivity contribution in [2.75, 3.05) is 44.8 Å². The molecule has 8 nitrogen and oxygen atoms in total. The lowest BCUT2D eigenvalue weighted by Gasteiger charge is -2.29. The smallest absolute Gasteiger partial charge is 0.231 e. The topological polar surface area (TPSA) is 76.5 Å². The number of benzene rings is 1. The molecule has 0 N–H and O–H groups in total. The second kappa shape index (κ2) is 7.58. The molecule has 3 aromatic rings. The fraction of sp³-hybridized carbons (Fsp3) is 0.300. The summed E-state index contributed by atoms with van der Waals surface area (Å²) in [7, 11) is 7.49. The molecule has 5 rings (SSSR count). The van der Waals surface area contributed by atoms with Crippen molar-refractivity contribution in [3.05, 3.63) is 45.2 Å². The third-order valence-corrected chi connectivity index (χ3v) is 6.59. The van der Waals surface area contributed by atoms with Crippen LogP contribution in [0.15, 0.2) is 28.3 Å². The number of ether oxygens (including phenoxy) is 2. The number of aromatic nitrogens is 4. The summed E-state index contributed by atoms with van der Waals surface area (Å²) in [5, 5.41) is 2.20. The van der Waals surface area contributed by atoms with Crippen LogP contribution in [0.4, 0.5) is 11.9 Å². The number of nitrogens with zero attached hydrogens (tertiary/aromatic N) is 6. The zero-order valence-electron chi connectivity index (χ0n) is 17.2. The first kappa shape index (κ1) is 20.4. The van der Waals surface area contributed by atoms with Crippen LogP contribution >= 0.6 is 35.0 Å². The third-order valence-electron chi connectivity index (χ3n) is 5.01. The van der Waals surface area contributed by atoms with Gasteiger partial charge in [0.25, 0.3) is 0 Å². The quantitative estimate of drug-likeness (QED) is 0.406. The Morgan fingerprint density at radius 1 is 0.839 bits per heavy atom. The molecule has 0 unspecified atom stereocenters. The summed E-state index contributed by atoms with van der Waals surface area (Å²) in [6.07, 6.45) is 0. The van der Waals surface area contributed by atoms with Crippen LogP contribution in [0.5, 0.6) is 11.5 Å². The molecule has 0 aliphatic carbocycles. The summed E-state index contributed by atoms with van der Waals surface area (Å²) in [6, 6.07) is 5.78. The van der Waals surface area contributed by atoms with Crippen molar-refractivity contribution in [2.45, 2.75) is 16.0 Å². The Balaban J connectivity index is 1.77. The number of halogens is 2. The van der Waals surface area contributed by atoms with E-state index in [1.165, 1.54) is 11.8 Å². The van der Waals surface area contributed by atoms with Crippen LogP contribution in [-0.4, -0.2) is 54.9 Å².